The monoisotopic (exact) mass is 555 g/mol. The van der Waals surface area contributed by atoms with Gasteiger partial charge in [-0.15, -0.1) is 10.2 Å². The van der Waals surface area contributed by atoms with Gasteiger partial charge in [0.15, 0.2) is 16.3 Å². The van der Waals surface area contributed by atoms with Gasteiger partial charge in [0.25, 0.3) is 17.7 Å². The Kier molecular flexibility index (Phi) is 8.54. The fourth-order valence-corrected chi connectivity index (χ4v) is 4.27. The highest BCUT2D eigenvalue weighted by molar-refractivity contribution is 7.89. The zero-order chi connectivity index (χ0) is 28.4. The number of carbonyl (C=O) groups is 2. The van der Waals surface area contributed by atoms with Gasteiger partial charge in [0.05, 0.1) is 12.7 Å². The molecule has 15 heteroatoms. The molecule has 3 rings (SSSR count). The largest absolute Gasteiger partial charge is 0.588 e. The van der Waals surface area contributed by atoms with Crippen molar-refractivity contribution in [3.05, 3.63) is 64.9 Å². The van der Waals surface area contributed by atoms with Crippen LogP contribution >= 0.6 is 0 Å². The number of carbonyl (C=O) groups excluding carboxylic acids is 2. The van der Waals surface area contributed by atoms with Gasteiger partial charge in [0, 0.05) is 11.8 Å². The summed E-state index contributed by atoms with van der Waals surface area (Å²) in [6.45, 7) is 3.60. The van der Waals surface area contributed by atoms with Crippen LogP contribution in [0, 0.1) is 19.8 Å². The van der Waals surface area contributed by atoms with E-state index in [1.165, 1.54) is 45.2 Å². The molecule has 1 unspecified atom stereocenters. The van der Waals surface area contributed by atoms with Crippen molar-refractivity contribution >= 4 is 28.9 Å². The fraction of sp³-hybridized carbons (Fsp3) is 0.261. The molecule has 38 heavy (non-hydrogen) atoms. The summed E-state index contributed by atoms with van der Waals surface area (Å²) in [6, 6.07) is 7.52. The van der Waals surface area contributed by atoms with E-state index in [9.17, 15) is 36.8 Å². The van der Waals surface area contributed by atoms with Gasteiger partial charge in [-0.25, -0.2) is 4.98 Å². The number of halogens is 4. The predicted octanol–water partition coefficient (Wildman–Crippen LogP) is 3.55. The van der Waals surface area contributed by atoms with Crippen molar-refractivity contribution in [2.45, 2.75) is 37.9 Å². The van der Waals surface area contributed by atoms with Crippen LogP contribution < -0.4 is 10.1 Å². The van der Waals surface area contributed by atoms with Crippen molar-refractivity contribution in [2.24, 2.45) is 0 Å². The van der Waals surface area contributed by atoms with Gasteiger partial charge in [0.2, 0.25) is 5.95 Å². The van der Waals surface area contributed by atoms with Crippen LogP contribution in [-0.2, 0) is 22.3 Å². The Morgan fingerprint density at radius 3 is 2.47 bits per heavy atom. The molecule has 10 nitrogen and oxygen atoms in total. The highest BCUT2D eigenvalue weighted by atomic mass is 32.2. The van der Waals surface area contributed by atoms with E-state index in [-0.39, 0.29) is 22.0 Å². The van der Waals surface area contributed by atoms with Crippen molar-refractivity contribution < 1.29 is 41.5 Å². The van der Waals surface area contributed by atoms with Gasteiger partial charge in [0.1, 0.15) is 23.0 Å². The average molecular weight is 556 g/mol. The number of ether oxygens (including phenoxy) is 1. The molecule has 2 atom stereocenters. The molecule has 0 aliphatic heterocycles. The molecule has 2 aromatic heterocycles. The zero-order valence-corrected chi connectivity index (χ0v) is 21.1. The number of likely N-dealkylation sites (N-methyl/N-ethyl adjacent to an activating group) is 1. The van der Waals surface area contributed by atoms with Crippen LogP contribution in [0.1, 0.15) is 34.2 Å². The summed E-state index contributed by atoms with van der Waals surface area (Å²) in [5, 5.41) is 18.4. The minimum absolute atomic E-state index is 0.0223. The zero-order valence-electron chi connectivity index (χ0n) is 20.3. The number of nitrogens with one attached hydrogen (secondary N) is 1. The predicted molar refractivity (Wildman–Crippen MR) is 126 cm³/mol. The summed E-state index contributed by atoms with van der Waals surface area (Å²) >= 11 is -2.06. The highest BCUT2D eigenvalue weighted by Gasteiger charge is 2.38. The van der Waals surface area contributed by atoms with E-state index in [2.05, 4.69) is 20.5 Å². The maximum absolute atomic E-state index is 13.5. The second-order valence-corrected chi connectivity index (χ2v) is 9.43. The number of anilines is 1. The number of nitrogens with zero attached hydrogens (tertiary/aromatic N) is 4. The number of aliphatic hydroxyl groups excluding tert-OH is 1. The number of aromatic nitrogens is 3. The lowest BCUT2D eigenvalue weighted by molar-refractivity contribution is -0.142. The van der Waals surface area contributed by atoms with E-state index in [4.69, 9.17) is 4.74 Å². The molecule has 0 aliphatic carbocycles. The first kappa shape index (κ1) is 28.7. The van der Waals surface area contributed by atoms with Gasteiger partial charge < -0.3 is 19.7 Å². The van der Waals surface area contributed by atoms with Gasteiger partial charge in [-0.2, -0.15) is 21.9 Å². The van der Waals surface area contributed by atoms with Crippen molar-refractivity contribution in [3.8, 4) is 11.6 Å². The lowest BCUT2D eigenvalue weighted by atomic mass is 10.1. The van der Waals surface area contributed by atoms with Crippen LogP contribution in [-0.4, -0.2) is 54.1 Å². The van der Waals surface area contributed by atoms with E-state index in [1.807, 2.05) is 0 Å². The first-order valence-electron chi connectivity index (χ1n) is 10.7. The molecule has 0 spiro atoms. The standard InChI is InChI=1S/C23H21F4N5O5S/c1-11-18(20(34)29-14-6-5-7-15(10-14)38(36)32(4)22(35)13(3)33)21(31-30-19(11)23(25,26)27)37-16-8-9-17(24)28-12(16)2/h5-10,13,33H,1-4H3,(H,29,34)/t13-,38?/m1/s1. The second kappa shape index (κ2) is 11.3. The molecule has 2 amide bonds. The SMILES string of the molecule is Cc1nc(F)ccc1Oc1nnc(C(F)(F)F)c(C)c1C(=O)Nc1cccc([S+]([O-])N(C)C(=O)[C@@H](C)O)c1. The molecular weight excluding hydrogens is 534 g/mol. The Morgan fingerprint density at radius 1 is 1.18 bits per heavy atom. The van der Waals surface area contributed by atoms with Crippen LogP contribution in [0.15, 0.2) is 41.3 Å². The van der Waals surface area contributed by atoms with Crippen LogP contribution in [0.4, 0.5) is 23.2 Å². The van der Waals surface area contributed by atoms with E-state index in [0.717, 1.165) is 23.4 Å². The lowest BCUT2D eigenvalue weighted by Crippen LogP contribution is -2.39. The number of aryl methyl sites for hydroxylation is 1. The number of alkyl halides is 3. The Bertz CT molecular complexity index is 1370. The number of amides is 2. The van der Waals surface area contributed by atoms with Crippen LogP contribution in [0.5, 0.6) is 11.6 Å². The third kappa shape index (κ3) is 6.35. The second-order valence-electron chi connectivity index (χ2n) is 7.91. The summed E-state index contributed by atoms with van der Waals surface area (Å²) in [4.78, 5) is 28.8. The van der Waals surface area contributed by atoms with Gasteiger partial charge in [-0.3, -0.25) is 9.59 Å². The molecule has 0 aliphatic rings. The molecule has 0 radical (unpaired) electrons. The molecule has 0 bridgehead atoms. The summed E-state index contributed by atoms with van der Waals surface area (Å²) in [5.74, 6) is -3.37. The number of hydrogen-bond donors (Lipinski definition) is 2. The maximum atomic E-state index is 13.5. The third-order valence-electron chi connectivity index (χ3n) is 5.10. The Balaban J connectivity index is 1.99. The quantitative estimate of drug-likeness (QED) is 0.256. The first-order chi connectivity index (χ1) is 17.7. The molecule has 0 fully saturated rings. The normalized spacial score (nSPS) is 13.0. The smallest absolute Gasteiger partial charge is 0.435 e. The minimum atomic E-state index is -4.93. The molecule has 0 saturated carbocycles. The van der Waals surface area contributed by atoms with Crippen LogP contribution in [0.25, 0.3) is 0 Å². The van der Waals surface area contributed by atoms with Crippen LogP contribution in [0.3, 0.4) is 0 Å². The van der Waals surface area contributed by atoms with Gasteiger partial charge >= 0.3 is 6.18 Å². The molecule has 1 aromatic carbocycles. The summed E-state index contributed by atoms with van der Waals surface area (Å²) in [5.41, 5.74) is -2.55. The molecule has 0 saturated heterocycles. The van der Waals surface area contributed by atoms with Crippen molar-refractivity contribution in [1.82, 2.24) is 19.5 Å². The van der Waals surface area contributed by atoms with Crippen molar-refractivity contribution in [3.63, 3.8) is 0 Å². The van der Waals surface area contributed by atoms with Crippen molar-refractivity contribution in [2.75, 3.05) is 12.4 Å². The van der Waals surface area contributed by atoms with E-state index >= 15 is 0 Å². The minimum Gasteiger partial charge on any atom is -0.588 e. The Morgan fingerprint density at radius 2 is 1.87 bits per heavy atom. The molecule has 202 valence electrons. The Labute approximate surface area is 217 Å². The molecular formula is C23H21F4N5O5S. The summed E-state index contributed by atoms with van der Waals surface area (Å²) in [6.07, 6.45) is -6.34. The van der Waals surface area contributed by atoms with Crippen molar-refractivity contribution in [1.29, 1.82) is 0 Å². The Hall–Kier alpha value is -3.82. The number of hydrogen-bond acceptors (Lipinski definition) is 8. The summed E-state index contributed by atoms with van der Waals surface area (Å²) in [7, 11) is 1.21. The third-order valence-corrected chi connectivity index (χ3v) is 6.44. The van der Waals surface area contributed by atoms with Crippen LogP contribution in [0.2, 0.25) is 0 Å². The maximum Gasteiger partial charge on any atom is 0.435 e. The number of pyridine rings is 1. The van der Waals surface area contributed by atoms with E-state index in [1.54, 1.807) is 0 Å². The molecule has 3 aromatic rings. The lowest BCUT2D eigenvalue weighted by Gasteiger charge is -2.21. The fourth-order valence-electron chi connectivity index (χ4n) is 3.22. The number of benzene rings is 1. The van der Waals surface area contributed by atoms with Gasteiger partial charge in [-0.05, 0) is 50.6 Å². The topological polar surface area (TPSA) is 141 Å². The number of aliphatic hydroxyl groups is 1. The highest BCUT2D eigenvalue weighted by Crippen LogP contribution is 2.35. The summed E-state index contributed by atoms with van der Waals surface area (Å²) < 4.78 is 72.9. The average Bonchev–Trinajstić information content (AvgIpc) is 2.83. The number of rotatable bonds is 7. The molecule has 2 N–H and O–H groups in total. The van der Waals surface area contributed by atoms with E-state index in [0.29, 0.717) is 0 Å². The first-order valence-corrected chi connectivity index (χ1v) is 11.9. The van der Waals surface area contributed by atoms with Gasteiger partial charge in [-0.1, -0.05) is 6.07 Å². The van der Waals surface area contributed by atoms with E-state index < -0.39 is 64.1 Å². The molecule has 2 heterocycles.